The van der Waals surface area contributed by atoms with Crippen LogP contribution in [0, 0.1) is 17.6 Å². The number of halogens is 2. The molecule has 0 bridgehead atoms. The Morgan fingerprint density at radius 1 is 1.04 bits per heavy atom. The van der Waals surface area contributed by atoms with Crippen LogP contribution in [-0.2, 0) is 4.79 Å². The lowest BCUT2D eigenvalue weighted by Gasteiger charge is -2.16. The lowest BCUT2D eigenvalue weighted by Crippen LogP contribution is -2.30. The lowest BCUT2D eigenvalue weighted by atomic mass is 9.89. The second-order valence-corrected chi connectivity index (χ2v) is 6.86. The van der Waals surface area contributed by atoms with Gasteiger partial charge >= 0.3 is 0 Å². The van der Waals surface area contributed by atoms with Gasteiger partial charge in [0.05, 0.1) is 5.56 Å². The van der Waals surface area contributed by atoms with E-state index in [4.69, 9.17) is 5.73 Å². The van der Waals surface area contributed by atoms with Gasteiger partial charge in [-0.25, -0.2) is 8.78 Å². The van der Waals surface area contributed by atoms with E-state index in [1.807, 2.05) is 30.3 Å². The van der Waals surface area contributed by atoms with E-state index in [0.717, 1.165) is 17.7 Å². The van der Waals surface area contributed by atoms with Crippen molar-refractivity contribution < 1.29 is 18.4 Å². The van der Waals surface area contributed by atoms with Crippen LogP contribution in [0.4, 0.5) is 8.78 Å². The van der Waals surface area contributed by atoms with Gasteiger partial charge in [-0.2, -0.15) is 0 Å². The van der Waals surface area contributed by atoms with Gasteiger partial charge in [0, 0.05) is 37.9 Å². The number of carbonyl (C=O) groups is 2. The minimum atomic E-state index is -0.902. The molecule has 1 aliphatic heterocycles. The minimum Gasteiger partial charge on any atom is -0.342 e. The molecule has 1 fully saturated rings. The van der Waals surface area contributed by atoms with Crippen molar-refractivity contribution in [3.63, 3.8) is 0 Å². The van der Waals surface area contributed by atoms with E-state index < -0.39 is 17.4 Å². The van der Waals surface area contributed by atoms with Gasteiger partial charge in [0.2, 0.25) is 5.91 Å². The Morgan fingerprint density at radius 3 is 2.44 bits per heavy atom. The Labute approximate surface area is 157 Å². The second-order valence-electron chi connectivity index (χ2n) is 6.86. The molecule has 0 saturated carbocycles. The third-order valence-electron chi connectivity index (χ3n) is 5.12. The molecule has 2 N–H and O–H groups in total. The number of rotatable bonds is 6. The summed E-state index contributed by atoms with van der Waals surface area (Å²) in [5.74, 6) is -1.96. The van der Waals surface area contributed by atoms with Gasteiger partial charge in [0.1, 0.15) is 11.6 Å². The molecule has 2 aromatic carbocycles. The van der Waals surface area contributed by atoms with Crippen molar-refractivity contribution in [2.75, 3.05) is 19.6 Å². The van der Waals surface area contributed by atoms with Crippen LogP contribution >= 0.6 is 0 Å². The maximum absolute atomic E-state index is 13.7. The zero-order valence-electron chi connectivity index (χ0n) is 14.9. The molecule has 1 aliphatic rings. The van der Waals surface area contributed by atoms with Gasteiger partial charge in [-0.05, 0) is 30.2 Å². The van der Waals surface area contributed by atoms with E-state index in [1.54, 1.807) is 4.90 Å². The summed E-state index contributed by atoms with van der Waals surface area (Å²) in [6.45, 7) is 1.58. The van der Waals surface area contributed by atoms with Crippen LogP contribution in [0.25, 0.3) is 0 Å². The summed E-state index contributed by atoms with van der Waals surface area (Å²) >= 11 is 0. The molecular formula is C21H22F2N2O2. The normalized spacial score (nSPS) is 19.3. The molecule has 1 saturated heterocycles. The lowest BCUT2D eigenvalue weighted by molar-refractivity contribution is -0.130. The molecule has 0 radical (unpaired) electrons. The fourth-order valence-corrected chi connectivity index (χ4v) is 3.62. The first kappa shape index (κ1) is 19.2. The van der Waals surface area contributed by atoms with Gasteiger partial charge in [-0.1, -0.05) is 30.3 Å². The van der Waals surface area contributed by atoms with Crippen LogP contribution < -0.4 is 5.73 Å². The van der Waals surface area contributed by atoms with Crippen molar-refractivity contribution >= 4 is 11.7 Å². The average Bonchev–Trinajstić information content (AvgIpc) is 3.11. The maximum Gasteiger partial charge on any atom is 0.223 e. The third-order valence-corrected chi connectivity index (χ3v) is 5.12. The molecule has 2 aromatic rings. The highest BCUT2D eigenvalue weighted by atomic mass is 19.1. The fourth-order valence-electron chi connectivity index (χ4n) is 3.62. The number of hydrogen-bond donors (Lipinski definition) is 1. The first-order valence-electron chi connectivity index (χ1n) is 9.00. The highest BCUT2D eigenvalue weighted by molar-refractivity contribution is 5.98. The monoisotopic (exact) mass is 372 g/mol. The summed E-state index contributed by atoms with van der Waals surface area (Å²) in [5, 5.41) is 0. The van der Waals surface area contributed by atoms with Gasteiger partial charge in [0.25, 0.3) is 0 Å². The standard InChI is InChI=1S/C21H22F2N2O2/c22-16-6-7-17(19(23)10-16)20(26)8-9-21(27)25-12-15(11-24)18(13-25)14-4-2-1-3-5-14/h1-7,10,15,18H,8-9,11-13,24H2/t15-,18+/m1/s1. The highest BCUT2D eigenvalue weighted by Gasteiger charge is 2.35. The molecule has 3 rings (SSSR count). The van der Waals surface area contributed by atoms with Gasteiger partial charge in [0.15, 0.2) is 5.78 Å². The molecule has 0 spiro atoms. The largest absolute Gasteiger partial charge is 0.342 e. The van der Waals surface area contributed by atoms with Crippen LogP contribution in [0.1, 0.15) is 34.7 Å². The molecule has 27 heavy (non-hydrogen) atoms. The molecule has 2 atom stereocenters. The minimum absolute atomic E-state index is 0.00551. The zero-order valence-corrected chi connectivity index (χ0v) is 14.9. The first-order valence-corrected chi connectivity index (χ1v) is 9.00. The number of ketones is 1. The van der Waals surface area contributed by atoms with E-state index in [-0.39, 0.29) is 36.1 Å². The van der Waals surface area contributed by atoms with E-state index in [9.17, 15) is 18.4 Å². The number of hydrogen-bond acceptors (Lipinski definition) is 3. The second kappa shape index (κ2) is 8.39. The average molecular weight is 372 g/mol. The summed E-state index contributed by atoms with van der Waals surface area (Å²) < 4.78 is 26.6. The summed E-state index contributed by atoms with van der Waals surface area (Å²) in [6.07, 6.45) is -0.115. The molecule has 142 valence electrons. The number of amides is 1. The zero-order chi connectivity index (χ0) is 19.4. The van der Waals surface area contributed by atoms with Crippen LogP contribution in [0.2, 0.25) is 0 Å². The molecule has 6 heteroatoms. The predicted octanol–water partition coefficient (Wildman–Crippen LogP) is 3.13. The Balaban J connectivity index is 1.60. The number of benzene rings is 2. The summed E-state index contributed by atoms with van der Waals surface area (Å²) in [7, 11) is 0. The smallest absolute Gasteiger partial charge is 0.223 e. The number of nitrogens with two attached hydrogens (primary N) is 1. The van der Waals surface area contributed by atoms with Crippen LogP contribution in [0.5, 0.6) is 0 Å². The van der Waals surface area contributed by atoms with Crippen molar-refractivity contribution in [3.05, 3.63) is 71.3 Å². The van der Waals surface area contributed by atoms with Crippen molar-refractivity contribution in [2.45, 2.75) is 18.8 Å². The summed E-state index contributed by atoms with van der Waals surface area (Å²) in [6, 6.07) is 12.7. The Morgan fingerprint density at radius 2 is 1.78 bits per heavy atom. The van der Waals surface area contributed by atoms with Crippen LogP contribution in [0.3, 0.4) is 0 Å². The van der Waals surface area contributed by atoms with Crippen molar-refractivity contribution in [1.29, 1.82) is 0 Å². The molecule has 4 nitrogen and oxygen atoms in total. The molecule has 0 aliphatic carbocycles. The van der Waals surface area contributed by atoms with E-state index in [0.29, 0.717) is 25.7 Å². The maximum atomic E-state index is 13.7. The third kappa shape index (κ3) is 4.39. The van der Waals surface area contributed by atoms with Gasteiger partial charge in [-0.3, -0.25) is 9.59 Å². The van der Waals surface area contributed by atoms with Crippen LogP contribution in [-0.4, -0.2) is 36.2 Å². The van der Waals surface area contributed by atoms with Crippen molar-refractivity contribution in [3.8, 4) is 0 Å². The first-order chi connectivity index (χ1) is 13.0. The predicted molar refractivity (Wildman–Crippen MR) is 98.2 cm³/mol. The number of carbonyl (C=O) groups excluding carboxylic acids is 2. The SMILES string of the molecule is NC[C@@H]1CN(C(=O)CCC(=O)c2ccc(F)cc2F)C[C@H]1c1ccccc1. The number of likely N-dealkylation sites (tertiary alicyclic amines) is 1. The Hall–Kier alpha value is -2.60. The van der Waals surface area contributed by atoms with Gasteiger partial charge in [-0.15, -0.1) is 0 Å². The van der Waals surface area contributed by atoms with E-state index >= 15 is 0 Å². The summed E-state index contributed by atoms with van der Waals surface area (Å²) in [4.78, 5) is 26.4. The van der Waals surface area contributed by atoms with E-state index in [1.165, 1.54) is 0 Å². The van der Waals surface area contributed by atoms with Gasteiger partial charge < -0.3 is 10.6 Å². The molecule has 1 heterocycles. The number of nitrogens with zero attached hydrogens (tertiary/aromatic N) is 1. The quantitative estimate of drug-likeness (QED) is 0.793. The molecule has 1 amide bonds. The van der Waals surface area contributed by atoms with Crippen molar-refractivity contribution in [1.82, 2.24) is 4.90 Å². The van der Waals surface area contributed by atoms with Crippen molar-refractivity contribution in [2.24, 2.45) is 11.7 Å². The highest BCUT2D eigenvalue weighted by Crippen LogP contribution is 2.32. The fraction of sp³-hybridized carbons (Fsp3) is 0.333. The Kier molecular flexibility index (Phi) is 5.96. The Bertz CT molecular complexity index is 826. The molecular weight excluding hydrogens is 350 g/mol. The van der Waals surface area contributed by atoms with E-state index in [2.05, 4.69) is 0 Å². The van der Waals surface area contributed by atoms with Crippen LogP contribution in [0.15, 0.2) is 48.5 Å². The molecule has 0 unspecified atom stereocenters. The molecule has 0 aromatic heterocycles. The topological polar surface area (TPSA) is 63.4 Å². The summed E-state index contributed by atoms with van der Waals surface area (Å²) in [5.41, 5.74) is 6.85. The number of Topliss-reactive ketones (excluding diaryl/α,β-unsaturated/α-hetero) is 1.